The highest BCUT2D eigenvalue weighted by Gasteiger charge is 2.10. The van der Waals surface area contributed by atoms with Gasteiger partial charge in [-0.05, 0) is 77.7 Å². The summed E-state index contributed by atoms with van der Waals surface area (Å²) >= 11 is 6.88. The van der Waals surface area contributed by atoms with Crippen LogP contribution < -0.4 is 10.1 Å². The van der Waals surface area contributed by atoms with Crippen LogP contribution in [-0.4, -0.2) is 12.5 Å². The lowest BCUT2D eigenvalue weighted by Crippen LogP contribution is -2.21. The number of carbonyl (C=O) groups excluding carboxylic acids is 1. The summed E-state index contributed by atoms with van der Waals surface area (Å²) in [5.41, 5.74) is 3.93. The first-order valence-electron chi connectivity index (χ1n) is 6.82. The molecule has 5 heteroatoms. The lowest BCUT2D eigenvalue weighted by molar-refractivity contribution is -0.118. The molecule has 0 fully saturated rings. The van der Waals surface area contributed by atoms with Crippen LogP contribution in [-0.2, 0) is 4.79 Å². The second-order valence-corrected chi connectivity index (χ2v) is 6.96. The van der Waals surface area contributed by atoms with Crippen LogP contribution in [0.1, 0.15) is 16.7 Å². The molecule has 1 amide bonds. The Labute approximate surface area is 147 Å². The van der Waals surface area contributed by atoms with Crippen LogP contribution in [0.15, 0.2) is 39.3 Å². The van der Waals surface area contributed by atoms with Gasteiger partial charge in [-0.1, -0.05) is 22.0 Å². The summed E-state index contributed by atoms with van der Waals surface area (Å²) in [6.07, 6.45) is 0. The van der Waals surface area contributed by atoms with Gasteiger partial charge in [-0.25, -0.2) is 0 Å². The van der Waals surface area contributed by atoms with Gasteiger partial charge in [-0.2, -0.15) is 0 Å². The lowest BCUT2D eigenvalue weighted by Gasteiger charge is -2.13. The zero-order chi connectivity index (χ0) is 16.3. The van der Waals surface area contributed by atoms with E-state index < -0.39 is 0 Å². The normalized spacial score (nSPS) is 10.4. The summed E-state index contributed by atoms with van der Waals surface area (Å²) in [6, 6.07) is 9.71. The van der Waals surface area contributed by atoms with Gasteiger partial charge in [0, 0.05) is 10.2 Å². The molecule has 0 aliphatic carbocycles. The molecule has 0 heterocycles. The predicted octanol–water partition coefficient (Wildman–Crippen LogP) is 5.15. The van der Waals surface area contributed by atoms with Crippen molar-refractivity contribution >= 4 is 43.5 Å². The minimum atomic E-state index is -0.183. The van der Waals surface area contributed by atoms with Gasteiger partial charge in [0.15, 0.2) is 6.61 Å². The van der Waals surface area contributed by atoms with Gasteiger partial charge in [0.05, 0.1) is 4.47 Å². The largest absolute Gasteiger partial charge is 0.482 e. The summed E-state index contributed by atoms with van der Waals surface area (Å²) in [4.78, 5) is 12.0. The standard InChI is InChI=1S/C17H17Br2NO2/c1-10-6-12(3)17(14(19)7-10)22-9-16(21)20-15-5-4-13(18)8-11(15)2/h4-8H,9H2,1-3H3,(H,20,21). The van der Waals surface area contributed by atoms with Crippen LogP contribution in [0, 0.1) is 20.8 Å². The third-order valence-corrected chi connectivity index (χ3v) is 4.27. The van der Waals surface area contributed by atoms with Crippen molar-refractivity contribution in [2.75, 3.05) is 11.9 Å². The number of ether oxygens (including phenoxy) is 1. The minimum absolute atomic E-state index is 0.0298. The Morgan fingerprint density at radius 1 is 1.09 bits per heavy atom. The summed E-state index contributed by atoms with van der Waals surface area (Å²) in [5, 5.41) is 2.86. The first-order valence-corrected chi connectivity index (χ1v) is 8.41. The lowest BCUT2D eigenvalue weighted by atomic mass is 10.1. The van der Waals surface area contributed by atoms with Crippen LogP contribution in [0.3, 0.4) is 0 Å². The molecule has 0 aliphatic heterocycles. The molecule has 116 valence electrons. The second kappa shape index (κ2) is 7.29. The predicted molar refractivity (Wildman–Crippen MR) is 96.6 cm³/mol. The van der Waals surface area contributed by atoms with Crippen molar-refractivity contribution in [2.24, 2.45) is 0 Å². The average molecular weight is 427 g/mol. The highest BCUT2D eigenvalue weighted by Crippen LogP contribution is 2.30. The number of halogens is 2. The number of nitrogens with one attached hydrogen (secondary N) is 1. The third kappa shape index (κ3) is 4.34. The molecular weight excluding hydrogens is 410 g/mol. The van der Waals surface area contributed by atoms with Crippen molar-refractivity contribution in [1.82, 2.24) is 0 Å². The van der Waals surface area contributed by atoms with E-state index >= 15 is 0 Å². The monoisotopic (exact) mass is 425 g/mol. The van der Waals surface area contributed by atoms with Gasteiger partial charge >= 0.3 is 0 Å². The topological polar surface area (TPSA) is 38.3 Å². The fourth-order valence-electron chi connectivity index (χ4n) is 2.18. The molecule has 0 atom stereocenters. The van der Waals surface area contributed by atoms with E-state index in [4.69, 9.17) is 4.74 Å². The molecule has 0 unspecified atom stereocenters. The number of aryl methyl sites for hydroxylation is 3. The van der Waals surface area contributed by atoms with Crippen LogP contribution in [0.25, 0.3) is 0 Å². The van der Waals surface area contributed by atoms with E-state index in [9.17, 15) is 4.79 Å². The molecule has 0 saturated heterocycles. The maximum Gasteiger partial charge on any atom is 0.262 e. The van der Waals surface area contributed by atoms with Gasteiger partial charge < -0.3 is 10.1 Å². The molecule has 1 N–H and O–H groups in total. The van der Waals surface area contributed by atoms with E-state index in [0.717, 1.165) is 31.3 Å². The molecule has 0 saturated carbocycles. The molecule has 2 aromatic carbocycles. The number of amides is 1. The third-order valence-electron chi connectivity index (χ3n) is 3.18. The van der Waals surface area contributed by atoms with Gasteiger partial charge in [0.2, 0.25) is 0 Å². The Morgan fingerprint density at radius 2 is 1.82 bits per heavy atom. The summed E-state index contributed by atoms with van der Waals surface area (Å²) in [7, 11) is 0. The van der Waals surface area contributed by atoms with Gasteiger partial charge in [-0.15, -0.1) is 0 Å². The van der Waals surface area contributed by atoms with Crippen molar-refractivity contribution in [1.29, 1.82) is 0 Å². The minimum Gasteiger partial charge on any atom is -0.482 e. The Bertz CT molecular complexity index is 691. The Morgan fingerprint density at radius 3 is 2.45 bits per heavy atom. The molecule has 22 heavy (non-hydrogen) atoms. The van der Waals surface area contributed by atoms with E-state index in [1.165, 1.54) is 0 Å². The van der Waals surface area contributed by atoms with Gasteiger partial charge in [0.25, 0.3) is 5.91 Å². The molecule has 0 aliphatic rings. The van der Waals surface area contributed by atoms with Gasteiger partial charge in [-0.3, -0.25) is 4.79 Å². The number of rotatable bonds is 4. The van der Waals surface area contributed by atoms with E-state index in [1.54, 1.807) is 0 Å². The molecule has 0 radical (unpaired) electrons. The fourth-order valence-corrected chi connectivity index (χ4v) is 3.44. The van der Waals surface area contributed by atoms with E-state index in [-0.39, 0.29) is 12.5 Å². The maximum absolute atomic E-state index is 12.0. The van der Waals surface area contributed by atoms with E-state index in [0.29, 0.717) is 5.75 Å². The van der Waals surface area contributed by atoms with Crippen molar-refractivity contribution < 1.29 is 9.53 Å². The van der Waals surface area contributed by atoms with Crippen molar-refractivity contribution in [3.8, 4) is 5.75 Å². The molecule has 0 bridgehead atoms. The summed E-state index contributed by atoms with van der Waals surface area (Å²) in [5.74, 6) is 0.519. The fraction of sp³-hybridized carbons (Fsp3) is 0.235. The average Bonchev–Trinajstić information content (AvgIpc) is 2.40. The molecule has 2 aromatic rings. The molecule has 0 spiro atoms. The van der Waals surface area contributed by atoms with E-state index in [2.05, 4.69) is 37.2 Å². The van der Waals surface area contributed by atoms with Crippen LogP contribution in [0.2, 0.25) is 0 Å². The zero-order valence-corrected chi connectivity index (χ0v) is 15.8. The highest BCUT2D eigenvalue weighted by atomic mass is 79.9. The number of hydrogen-bond acceptors (Lipinski definition) is 2. The van der Waals surface area contributed by atoms with Crippen LogP contribution >= 0.6 is 31.9 Å². The second-order valence-electron chi connectivity index (χ2n) is 5.19. The smallest absolute Gasteiger partial charge is 0.262 e. The zero-order valence-electron chi connectivity index (χ0n) is 12.7. The summed E-state index contributed by atoms with van der Waals surface area (Å²) in [6.45, 7) is 5.90. The Balaban J connectivity index is 2.02. The van der Waals surface area contributed by atoms with Crippen LogP contribution in [0.4, 0.5) is 5.69 Å². The maximum atomic E-state index is 12.0. The molecule has 3 nitrogen and oxygen atoms in total. The van der Waals surface area contributed by atoms with Crippen LogP contribution in [0.5, 0.6) is 5.75 Å². The molecule has 2 rings (SSSR count). The van der Waals surface area contributed by atoms with E-state index in [1.807, 2.05) is 51.1 Å². The Kier molecular flexibility index (Phi) is 5.64. The molecule has 0 aromatic heterocycles. The quantitative estimate of drug-likeness (QED) is 0.733. The van der Waals surface area contributed by atoms with Crippen molar-refractivity contribution in [3.05, 3.63) is 56.0 Å². The van der Waals surface area contributed by atoms with Crippen molar-refractivity contribution in [3.63, 3.8) is 0 Å². The SMILES string of the molecule is Cc1cc(C)c(OCC(=O)Nc2ccc(Br)cc2C)c(Br)c1. The number of carbonyl (C=O) groups is 1. The first-order chi connectivity index (χ1) is 10.4. The first kappa shape index (κ1) is 17.0. The van der Waals surface area contributed by atoms with Gasteiger partial charge in [0.1, 0.15) is 5.75 Å². The van der Waals surface area contributed by atoms with Crippen molar-refractivity contribution in [2.45, 2.75) is 20.8 Å². The number of benzene rings is 2. The number of anilines is 1. The summed E-state index contributed by atoms with van der Waals surface area (Å²) < 4.78 is 7.50. The Hall–Kier alpha value is -1.33. The number of hydrogen-bond donors (Lipinski definition) is 1. The molecular formula is C17H17Br2NO2. The highest BCUT2D eigenvalue weighted by molar-refractivity contribution is 9.10.